The highest BCUT2D eigenvalue weighted by atomic mass is 16.4. The predicted molar refractivity (Wildman–Crippen MR) is 567 cm³/mol. The molecule has 8 aliphatic rings. The summed E-state index contributed by atoms with van der Waals surface area (Å²) in [7, 11) is 14.7. The number of nitrogens with one attached hydrogen (secondary N) is 8. The number of pyridine rings is 3. The van der Waals surface area contributed by atoms with Crippen LogP contribution in [0.2, 0.25) is 0 Å². The number of para-hydroxylation sites is 1. The Morgan fingerprint density at radius 1 is 0.252 bits per heavy atom. The molecule has 8 amide bonds. The number of oxazole rings is 1. The lowest BCUT2D eigenvalue weighted by molar-refractivity contribution is -0.121. The third-order valence-electron chi connectivity index (χ3n) is 27.9. The number of likely N-dealkylation sites (N-methyl/N-ethyl adjacent to an activating group) is 8. The standard InChI is InChI=1S/C15H22N2O.3C14H21N3O.3C13H20N4O.C12H19N3O2/c1-15(2)10-9-13(16-3)14(18)17(11-15)12-7-5-4-6-8-12;1-14(2)7-4-12(15-3)13(18)17(10-14)11-5-8-16-9-6-11;1-14(2)7-6-12(15-3)13(18)17(10-14)11-5-4-8-16-9-11;1-14(2)8-7-11(15-3)13(18)17(10-14)12-6-4-5-9-16-12;1-13(2)6-4-10(14-3)12(18)17(8-13)11-5-7-15-9-16-11;1-13(2)5-4-10(14-3)12(18)17(9-13)11-8-15-6-7-16-11;1-13(2)7-6-10(14-3)12(18)17(9-13)11-5-4-8-15-16-11;1-12(2)5-4-9(13-3)10(16)15(8-12)11-14-6-7-17-11/h4-8,13,16H,9-11H2,1-3H3;5-6,8-9,12,15H,4,7,10H2,1-3H3;4-5,8-9,12,15H,6-7,10H2,1-3H3;4-6,9,11,15H,7-8,10H2,1-3H3;5,7,9-10,14H,4,6,8H2,1-3H3;6-8,10,14H,4-5,9H2,1-3H3;4-5,8,10,14H,6-7,9H2,1-3H3;6-7,9,13H,4-5,8H2,1-3H3. The van der Waals surface area contributed by atoms with E-state index in [-0.39, 0.29) is 139 Å². The van der Waals surface area contributed by atoms with Crippen molar-refractivity contribution in [1.29, 1.82) is 0 Å². The highest BCUT2D eigenvalue weighted by molar-refractivity contribution is 6.01. The van der Waals surface area contributed by atoms with Crippen LogP contribution in [0, 0.1) is 43.3 Å². The summed E-state index contributed by atoms with van der Waals surface area (Å²) < 4.78 is 5.25. The molecular formula is C108H164N26O9. The first-order chi connectivity index (χ1) is 67.8. The number of anilines is 8. The molecule has 8 unspecified atom stereocenters. The van der Waals surface area contributed by atoms with Crippen LogP contribution in [-0.2, 0) is 38.4 Å². The van der Waals surface area contributed by atoms with Gasteiger partial charge in [0, 0.05) is 113 Å². The number of aromatic nitrogens is 10. The fourth-order valence-corrected chi connectivity index (χ4v) is 19.0. The summed E-state index contributed by atoms with van der Waals surface area (Å²) in [6.07, 6.45) is 36.6. The van der Waals surface area contributed by atoms with Gasteiger partial charge in [0.25, 0.3) is 0 Å². The van der Waals surface area contributed by atoms with Crippen LogP contribution < -0.4 is 81.7 Å². The summed E-state index contributed by atoms with van der Waals surface area (Å²) in [6, 6.07) is 28.2. The molecule has 8 saturated heterocycles. The monoisotopic (exact) mass is 1970 g/mol. The second-order valence-electron chi connectivity index (χ2n) is 44.7. The summed E-state index contributed by atoms with van der Waals surface area (Å²) >= 11 is 0. The molecule has 35 heteroatoms. The molecule has 35 nitrogen and oxygen atoms in total. The molecule has 8 atom stereocenters. The van der Waals surface area contributed by atoms with Crippen LogP contribution >= 0.6 is 0 Å². The zero-order chi connectivity index (χ0) is 105. The van der Waals surface area contributed by atoms with Crippen molar-refractivity contribution >= 4 is 93.6 Å². The molecule has 8 aromatic rings. The van der Waals surface area contributed by atoms with E-state index < -0.39 is 0 Å². The summed E-state index contributed by atoms with van der Waals surface area (Å²) in [5, 5.41) is 32.8. The Labute approximate surface area is 849 Å². The lowest BCUT2D eigenvalue weighted by atomic mass is 9.87. The largest absolute Gasteiger partial charge is 0.432 e. The molecule has 7 aromatic heterocycles. The maximum Gasteiger partial charge on any atom is 0.304 e. The van der Waals surface area contributed by atoms with Gasteiger partial charge in [-0.1, -0.05) is 135 Å². The molecule has 780 valence electrons. The minimum Gasteiger partial charge on any atom is -0.432 e. The molecule has 0 saturated carbocycles. The fourth-order valence-electron chi connectivity index (χ4n) is 19.0. The Hall–Kier alpha value is -11.4. The van der Waals surface area contributed by atoms with Crippen LogP contribution in [0.3, 0.4) is 0 Å². The van der Waals surface area contributed by atoms with Crippen molar-refractivity contribution in [1.82, 2.24) is 92.6 Å². The Balaban J connectivity index is 0.000000182. The van der Waals surface area contributed by atoms with Crippen LogP contribution in [0.25, 0.3) is 0 Å². The number of nitrogens with zero attached hydrogens (tertiary/aromatic N) is 18. The molecule has 15 heterocycles. The van der Waals surface area contributed by atoms with E-state index in [4.69, 9.17) is 4.42 Å². The molecule has 143 heavy (non-hydrogen) atoms. The maximum absolute atomic E-state index is 12.5. The van der Waals surface area contributed by atoms with Gasteiger partial charge in [-0.05, 0) is 269 Å². The van der Waals surface area contributed by atoms with Crippen LogP contribution in [0.1, 0.15) is 214 Å². The first-order valence-electron chi connectivity index (χ1n) is 50.6. The maximum atomic E-state index is 12.5. The van der Waals surface area contributed by atoms with Crippen LogP contribution in [0.5, 0.6) is 0 Å². The molecule has 0 radical (unpaired) electrons. The molecule has 1 aromatic carbocycles. The molecule has 0 spiro atoms. The minimum atomic E-state index is -0.149. The Morgan fingerprint density at radius 3 is 0.888 bits per heavy atom. The number of rotatable bonds is 16. The Bertz CT molecular complexity index is 4440. The molecular weight excluding hydrogens is 1810 g/mol. The zero-order valence-corrected chi connectivity index (χ0v) is 89.5. The van der Waals surface area contributed by atoms with Gasteiger partial charge in [0.2, 0.25) is 47.3 Å². The van der Waals surface area contributed by atoms with Gasteiger partial charge in [0.1, 0.15) is 24.2 Å². The number of carbonyl (C=O) groups excluding carboxylic acids is 8. The molecule has 8 aliphatic heterocycles. The van der Waals surface area contributed by atoms with Crippen LogP contribution in [0.4, 0.5) is 46.3 Å². The van der Waals surface area contributed by atoms with E-state index in [0.29, 0.717) is 49.6 Å². The van der Waals surface area contributed by atoms with E-state index in [0.717, 1.165) is 152 Å². The molecule has 8 fully saturated rings. The van der Waals surface area contributed by atoms with Crippen molar-refractivity contribution in [3.63, 3.8) is 0 Å². The average Bonchev–Trinajstić information content (AvgIpc) is 1.76. The normalized spacial score (nSPS) is 23.9. The van der Waals surface area contributed by atoms with Crippen molar-refractivity contribution in [2.24, 2.45) is 43.3 Å². The smallest absolute Gasteiger partial charge is 0.304 e. The number of hydrogen-bond donors (Lipinski definition) is 8. The summed E-state index contributed by atoms with van der Waals surface area (Å²) in [4.78, 5) is 147. The van der Waals surface area contributed by atoms with Crippen LogP contribution in [-0.4, -0.2) is 254 Å². The Kier molecular flexibility index (Phi) is 42.6. The van der Waals surface area contributed by atoms with Crippen molar-refractivity contribution in [2.75, 3.05) is 148 Å². The van der Waals surface area contributed by atoms with E-state index in [1.807, 2.05) is 161 Å². The van der Waals surface area contributed by atoms with E-state index >= 15 is 0 Å². The van der Waals surface area contributed by atoms with Gasteiger partial charge in [0.15, 0.2) is 11.6 Å². The first kappa shape index (κ1) is 115. The second kappa shape index (κ2) is 52.9. The molecule has 0 aliphatic carbocycles. The molecule has 0 bridgehead atoms. The summed E-state index contributed by atoms with van der Waals surface area (Å²) in [5.41, 5.74) is 3.76. The van der Waals surface area contributed by atoms with Gasteiger partial charge in [0.05, 0.1) is 72.6 Å². The van der Waals surface area contributed by atoms with Crippen molar-refractivity contribution in [2.45, 2.75) is 262 Å². The number of carbonyl (C=O) groups is 8. The third-order valence-corrected chi connectivity index (χ3v) is 27.9. The van der Waals surface area contributed by atoms with Gasteiger partial charge in [-0.3, -0.25) is 77.8 Å². The minimum absolute atomic E-state index is 0.0422. The SMILES string of the molecule is CNC1CCC(C)(C)CN(c2ccccc2)C1=O.CNC1CCC(C)(C)CN(c2ccccn2)C1=O.CNC1CCC(C)(C)CN(c2cccnc2)C1=O.CNC1CCC(C)(C)CN(c2cccnn2)C1=O.CNC1CCC(C)(C)CN(c2ccncc2)C1=O.CNC1CCC(C)(C)CN(c2ccncn2)C1=O.CNC1CCC(C)(C)CN(c2cnccn2)C1=O.CNC1CCC(C)(C)CN(c2ncco2)C1=O. The van der Waals surface area contributed by atoms with Gasteiger partial charge in [-0.2, -0.15) is 5.10 Å². The average molecular weight is 1970 g/mol. The molecule has 16 rings (SSSR count). The lowest BCUT2D eigenvalue weighted by Gasteiger charge is -2.30. The van der Waals surface area contributed by atoms with E-state index in [2.05, 4.69) is 203 Å². The number of hydrogen-bond acceptors (Lipinski definition) is 27. The number of amides is 8. The quantitative estimate of drug-likeness (QED) is 0.0445. The predicted octanol–water partition coefficient (Wildman–Crippen LogP) is 13.0. The molecule has 8 N–H and O–H groups in total. The van der Waals surface area contributed by atoms with Crippen molar-refractivity contribution in [3.05, 3.63) is 172 Å². The zero-order valence-electron chi connectivity index (χ0n) is 89.5. The van der Waals surface area contributed by atoms with Gasteiger partial charge in [-0.15, -0.1) is 5.10 Å². The van der Waals surface area contributed by atoms with E-state index in [1.54, 1.807) is 93.8 Å². The van der Waals surface area contributed by atoms with Gasteiger partial charge >= 0.3 is 6.01 Å². The topological polar surface area (TPSA) is 401 Å². The van der Waals surface area contributed by atoms with E-state index in [9.17, 15) is 38.4 Å². The fraction of sp³-hybridized carbons (Fsp3) is 0.593. The third kappa shape index (κ3) is 34.1. The Morgan fingerprint density at radius 2 is 0.559 bits per heavy atom. The first-order valence-corrected chi connectivity index (χ1v) is 50.6. The van der Waals surface area contributed by atoms with Crippen molar-refractivity contribution < 1.29 is 42.8 Å². The van der Waals surface area contributed by atoms with Crippen molar-refractivity contribution in [3.8, 4) is 0 Å². The lowest BCUT2D eigenvalue weighted by Crippen LogP contribution is -2.45. The highest BCUT2D eigenvalue weighted by Gasteiger charge is 2.44. The summed E-state index contributed by atoms with van der Waals surface area (Å²) in [6.45, 7) is 40.9. The van der Waals surface area contributed by atoms with E-state index in [1.165, 1.54) is 12.6 Å². The number of benzene rings is 1. The van der Waals surface area contributed by atoms with Gasteiger partial charge in [-0.25, -0.2) is 24.9 Å². The highest BCUT2D eigenvalue weighted by Crippen LogP contribution is 2.40. The second-order valence-corrected chi connectivity index (χ2v) is 44.7. The van der Waals surface area contributed by atoms with Gasteiger partial charge < -0.3 is 61.7 Å². The van der Waals surface area contributed by atoms with Crippen LogP contribution in [0.15, 0.2) is 176 Å². The summed E-state index contributed by atoms with van der Waals surface area (Å²) in [5.74, 6) is 3.65.